The molecule has 1 unspecified atom stereocenters. The molecule has 1 aromatic heterocycles. The van der Waals surface area contributed by atoms with Crippen LogP contribution in [-0.2, 0) is 13.2 Å². The Balaban J connectivity index is 1.71. The van der Waals surface area contributed by atoms with Crippen molar-refractivity contribution in [2.75, 3.05) is 0 Å². The van der Waals surface area contributed by atoms with Crippen molar-refractivity contribution in [3.63, 3.8) is 0 Å². The highest BCUT2D eigenvalue weighted by molar-refractivity contribution is 6.34. The van der Waals surface area contributed by atoms with Gasteiger partial charge in [-0.2, -0.15) is 18.3 Å². The van der Waals surface area contributed by atoms with Gasteiger partial charge in [0.05, 0.1) is 34.0 Å². The zero-order valence-corrected chi connectivity index (χ0v) is 18.6. The van der Waals surface area contributed by atoms with E-state index >= 15 is 0 Å². The molecule has 2 aromatic carbocycles. The normalized spacial score (nSPS) is 16.5. The molecule has 1 fully saturated rings. The number of hydrogen-bond acceptors (Lipinski definition) is 3. The van der Waals surface area contributed by atoms with E-state index in [0.717, 1.165) is 36.1 Å². The van der Waals surface area contributed by atoms with Crippen LogP contribution in [0.5, 0.6) is 0 Å². The van der Waals surface area contributed by atoms with E-state index < -0.39 is 34.3 Å². The zero-order valence-electron chi connectivity index (χ0n) is 17.9. The Morgan fingerprint density at radius 2 is 1.88 bits per heavy atom. The predicted octanol–water partition coefficient (Wildman–Crippen LogP) is 5.54. The van der Waals surface area contributed by atoms with Crippen molar-refractivity contribution < 1.29 is 23.1 Å². The molecule has 1 saturated carbocycles. The topological polar surface area (TPSA) is 67.2 Å². The summed E-state index contributed by atoms with van der Waals surface area (Å²) in [5, 5.41) is 17.7. The molecule has 1 atom stereocenters. The van der Waals surface area contributed by atoms with Gasteiger partial charge in [-0.1, -0.05) is 48.7 Å². The molecular weight excluding hydrogens is 455 g/mol. The Kier molecular flexibility index (Phi) is 6.24. The zero-order chi connectivity index (χ0) is 23.8. The molecule has 33 heavy (non-hydrogen) atoms. The summed E-state index contributed by atoms with van der Waals surface area (Å²) in [5.74, 6) is -0.775. The fourth-order valence-electron chi connectivity index (χ4n) is 4.41. The molecule has 0 radical (unpaired) electrons. The number of halogens is 4. The highest BCUT2D eigenvalue weighted by Gasteiger charge is 2.42. The lowest BCUT2D eigenvalue weighted by atomic mass is 9.85. The molecule has 174 valence electrons. The number of amides is 1. The molecule has 0 aliphatic heterocycles. The molecule has 1 heterocycles. The summed E-state index contributed by atoms with van der Waals surface area (Å²) in [7, 11) is 1.80. The van der Waals surface area contributed by atoms with Gasteiger partial charge in [0.2, 0.25) is 0 Å². The molecule has 0 bridgehead atoms. The Morgan fingerprint density at radius 1 is 1.18 bits per heavy atom. The van der Waals surface area contributed by atoms with Gasteiger partial charge in [-0.3, -0.25) is 9.48 Å². The van der Waals surface area contributed by atoms with E-state index in [4.69, 9.17) is 11.6 Å². The van der Waals surface area contributed by atoms with Crippen molar-refractivity contribution in [3.05, 3.63) is 76.6 Å². The van der Waals surface area contributed by atoms with Crippen molar-refractivity contribution >= 4 is 17.5 Å². The van der Waals surface area contributed by atoms with Gasteiger partial charge < -0.3 is 10.4 Å². The second-order valence-electron chi connectivity index (χ2n) is 8.41. The highest BCUT2D eigenvalue weighted by Crippen LogP contribution is 2.41. The summed E-state index contributed by atoms with van der Waals surface area (Å²) in [6.07, 6.45) is 1.37. The van der Waals surface area contributed by atoms with Crippen molar-refractivity contribution in [2.45, 2.75) is 43.5 Å². The average Bonchev–Trinajstić information content (AvgIpc) is 3.40. The van der Waals surface area contributed by atoms with Crippen molar-refractivity contribution in [1.82, 2.24) is 15.1 Å². The molecule has 1 amide bonds. The first-order valence-electron chi connectivity index (χ1n) is 10.6. The van der Waals surface area contributed by atoms with Crippen LogP contribution in [0.1, 0.15) is 53.2 Å². The quantitative estimate of drug-likeness (QED) is 0.507. The molecule has 4 rings (SSSR count). The average molecular weight is 478 g/mol. The maximum absolute atomic E-state index is 13.3. The van der Waals surface area contributed by atoms with Gasteiger partial charge >= 0.3 is 6.18 Å². The van der Waals surface area contributed by atoms with Gasteiger partial charge in [0.15, 0.2) is 0 Å². The monoisotopic (exact) mass is 477 g/mol. The highest BCUT2D eigenvalue weighted by atomic mass is 35.5. The van der Waals surface area contributed by atoms with Gasteiger partial charge in [-0.05, 0) is 42.2 Å². The van der Waals surface area contributed by atoms with Crippen molar-refractivity contribution in [3.8, 4) is 11.1 Å². The summed E-state index contributed by atoms with van der Waals surface area (Å²) in [5.41, 5.74) is -0.232. The number of alkyl halides is 3. The molecule has 3 aromatic rings. The third kappa shape index (κ3) is 4.77. The number of hydrogen-bond donors (Lipinski definition) is 2. The second-order valence-corrected chi connectivity index (χ2v) is 8.79. The first-order chi connectivity index (χ1) is 15.6. The first kappa shape index (κ1) is 23.3. The SMILES string of the molecule is Cn1cc(-c2cccc(C(NC(=O)c3cccc(C(F)(F)F)c3Cl)C3(O)CCCC3)c2)cn1. The number of aliphatic hydroxyl groups is 1. The summed E-state index contributed by atoms with van der Waals surface area (Å²) in [6.45, 7) is 0. The van der Waals surface area contributed by atoms with E-state index in [-0.39, 0.29) is 5.56 Å². The van der Waals surface area contributed by atoms with Gasteiger partial charge in [0, 0.05) is 18.8 Å². The van der Waals surface area contributed by atoms with Crippen LogP contribution in [0.15, 0.2) is 54.9 Å². The van der Waals surface area contributed by atoms with Crippen molar-refractivity contribution in [1.29, 1.82) is 0 Å². The van der Waals surface area contributed by atoms with Crippen LogP contribution in [0.3, 0.4) is 0 Å². The van der Waals surface area contributed by atoms with Crippen LogP contribution >= 0.6 is 11.6 Å². The van der Waals surface area contributed by atoms with E-state index in [9.17, 15) is 23.1 Å². The lowest BCUT2D eigenvalue weighted by Gasteiger charge is -2.34. The molecule has 1 aliphatic rings. The second kappa shape index (κ2) is 8.83. The number of benzene rings is 2. The number of nitrogens with one attached hydrogen (secondary N) is 1. The van der Waals surface area contributed by atoms with Crippen LogP contribution in [0.2, 0.25) is 5.02 Å². The van der Waals surface area contributed by atoms with Crippen molar-refractivity contribution in [2.24, 2.45) is 7.05 Å². The Hall–Kier alpha value is -2.84. The molecular formula is C24H23ClF3N3O2. The fourth-order valence-corrected chi connectivity index (χ4v) is 4.73. The Bertz CT molecular complexity index is 1170. The summed E-state index contributed by atoms with van der Waals surface area (Å²) >= 11 is 5.97. The molecule has 1 aliphatic carbocycles. The fraction of sp³-hybridized carbons (Fsp3) is 0.333. The minimum Gasteiger partial charge on any atom is -0.387 e. The van der Waals surface area contributed by atoms with Gasteiger partial charge in [0.25, 0.3) is 5.91 Å². The van der Waals surface area contributed by atoms with Crippen LogP contribution < -0.4 is 5.32 Å². The smallest absolute Gasteiger partial charge is 0.387 e. The number of aromatic nitrogens is 2. The Labute approximate surface area is 194 Å². The summed E-state index contributed by atoms with van der Waals surface area (Å²) in [6, 6.07) is 9.74. The Morgan fingerprint density at radius 3 is 2.52 bits per heavy atom. The lowest BCUT2D eigenvalue weighted by Crippen LogP contribution is -2.44. The summed E-state index contributed by atoms with van der Waals surface area (Å²) in [4.78, 5) is 13.1. The van der Waals surface area contributed by atoms with E-state index in [1.807, 2.05) is 24.4 Å². The molecule has 0 spiro atoms. The number of carbonyl (C=O) groups is 1. The molecule has 9 heteroatoms. The number of nitrogens with zero attached hydrogens (tertiary/aromatic N) is 2. The lowest BCUT2D eigenvalue weighted by molar-refractivity contribution is -0.137. The maximum Gasteiger partial charge on any atom is 0.417 e. The van der Waals surface area contributed by atoms with Crippen LogP contribution in [0.25, 0.3) is 11.1 Å². The van der Waals surface area contributed by atoms with E-state index in [1.54, 1.807) is 24.0 Å². The van der Waals surface area contributed by atoms with Crippen LogP contribution in [-0.4, -0.2) is 26.4 Å². The predicted molar refractivity (Wildman–Crippen MR) is 119 cm³/mol. The van der Waals surface area contributed by atoms with Gasteiger partial charge in [-0.15, -0.1) is 0 Å². The number of carbonyl (C=O) groups excluding carboxylic acids is 1. The van der Waals surface area contributed by atoms with Crippen LogP contribution in [0.4, 0.5) is 13.2 Å². The minimum absolute atomic E-state index is 0.290. The summed E-state index contributed by atoms with van der Waals surface area (Å²) < 4.78 is 41.5. The van der Waals surface area contributed by atoms with Gasteiger partial charge in [0.1, 0.15) is 0 Å². The standard InChI is InChI=1S/C24H23ClF3N3O2/c1-31-14-17(13-29-31)15-6-4-7-16(12-15)21(23(33)10-2-3-11-23)30-22(32)18-8-5-9-19(20(18)25)24(26,27)28/h4-9,12-14,21,33H,2-3,10-11H2,1H3,(H,30,32). The third-order valence-electron chi connectivity index (χ3n) is 6.09. The number of rotatable bonds is 5. The largest absolute Gasteiger partial charge is 0.417 e. The van der Waals surface area contributed by atoms with Gasteiger partial charge in [-0.25, -0.2) is 0 Å². The van der Waals surface area contributed by atoms with E-state index in [0.29, 0.717) is 18.4 Å². The molecule has 5 nitrogen and oxygen atoms in total. The third-order valence-corrected chi connectivity index (χ3v) is 6.50. The number of aryl methyl sites for hydroxylation is 1. The van der Waals surface area contributed by atoms with Crippen LogP contribution in [0, 0.1) is 0 Å². The molecule has 2 N–H and O–H groups in total. The maximum atomic E-state index is 13.3. The first-order valence-corrected chi connectivity index (χ1v) is 10.9. The molecule has 0 saturated heterocycles. The minimum atomic E-state index is -4.69. The van der Waals surface area contributed by atoms with E-state index in [2.05, 4.69) is 10.4 Å². The van der Waals surface area contributed by atoms with E-state index in [1.165, 1.54) is 6.07 Å².